The lowest BCUT2D eigenvalue weighted by Gasteiger charge is -2.30. The molecule has 1 saturated heterocycles. The second kappa shape index (κ2) is 7.25. The number of nitrogens with one attached hydrogen (secondary N) is 1. The summed E-state index contributed by atoms with van der Waals surface area (Å²) in [6.07, 6.45) is 1.23. The predicted molar refractivity (Wildman–Crippen MR) is 68.8 cm³/mol. The Hall–Kier alpha value is -0.120. The van der Waals surface area contributed by atoms with Crippen LogP contribution in [0.5, 0.6) is 0 Å². The number of hydrogen-bond acceptors (Lipinski definition) is 3. The SMILES string of the molecule is CC(C)N(CCNCC1CCOC1)C(C)C. The van der Waals surface area contributed by atoms with Crippen LogP contribution in [0, 0.1) is 5.92 Å². The Morgan fingerprint density at radius 3 is 2.44 bits per heavy atom. The fourth-order valence-electron chi connectivity index (χ4n) is 2.37. The fourth-order valence-corrected chi connectivity index (χ4v) is 2.37. The summed E-state index contributed by atoms with van der Waals surface area (Å²) < 4.78 is 5.36. The first-order valence-corrected chi connectivity index (χ1v) is 6.65. The van der Waals surface area contributed by atoms with Gasteiger partial charge in [0.15, 0.2) is 0 Å². The standard InChI is InChI=1S/C13H28N2O/c1-11(2)15(12(3)4)7-6-14-9-13-5-8-16-10-13/h11-14H,5-10H2,1-4H3. The lowest BCUT2D eigenvalue weighted by Crippen LogP contribution is -2.42. The van der Waals surface area contributed by atoms with Crippen LogP contribution in [0.25, 0.3) is 0 Å². The Morgan fingerprint density at radius 1 is 1.25 bits per heavy atom. The lowest BCUT2D eigenvalue weighted by atomic mass is 10.1. The Morgan fingerprint density at radius 2 is 1.94 bits per heavy atom. The lowest BCUT2D eigenvalue weighted by molar-refractivity contribution is 0.171. The van der Waals surface area contributed by atoms with Crippen molar-refractivity contribution >= 4 is 0 Å². The van der Waals surface area contributed by atoms with Gasteiger partial charge in [-0.15, -0.1) is 0 Å². The molecule has 0 saturated carbocycles. The molecule has 16 heavy (non-hydrogen) atoms. The molecule has 1 fully saturated rings. The van der Waals surface area contributed by atoms with Crippen LogP contribution in [0.3, 0.4) is 0 Å². The van der Waals surface area contributed by atoms with Gasteiger partial charge in [-0.1, -0.05) is 0 Å². The molecule has 1 rings (SSSR count). The number of nitrogens with zero attached hydrogens (tertiary/aromatic N) is 1. The number of hydrogen-bond donors (Lipinski definition) is 1. The van der Waals surface area contributed by atoms with Gasteiger partial charge in [0.2, 0.25) is 0 Å². The van der Waals surface area contributed by atoms with E-state index in [0.29, 0.717) is 12.1 Å². The van der Waals surface area contributed by atoms with E-state index in [9.17, 15) is 0 Å². The zero-order valence-corrected chi connectivity index (χ0v) is 11.3. The maximum Gasteiger partial charge on any atom is 0.0507 e. The summed E-state index contributed by atoms with van der Waals surface area (Å²) in [6, 6.07) is 1.27. The smallest absolute Gasteiger partial charge is 0.0507 e. The molecule has 0 spiro atoms. The number of rotatable bonds is 7. The van der Waals surface area contributed by atoms with Gasteiger partial charge in [-0.3, -0.25) is 4.90 Å². The molecule has 1 aliphatic rings. The molecule has 3 heteroatoms. The van der Waals surface area contributed by atoms with E-state index in [1.54, 1.807) is 0 Å². The van der Waals surface area contributed by atoms with E-state index < -0.39 is 0 Å². The van der Waals surface area contributed by atoms with Crippen molar-refractivity contribution in [3.63, 3.8) is 0 Å². The van der Waals surface area contributed by atoms with Gasteiger partial charge < -0.3 is 10.1 Å². The van der Waals surface area contributed by atoms with E-state index in [0.717, 1.165) is 38.8 Å². The first-order chi connectivity index (χ1) is 7.61. The zero-order valence-electron chi connectivity index (χ0n) is 11.3. The van der Waals surface area contributed by atoms with E-state index >= 15 is 0 Å². The average Bonchev–Trinajstić information content (AvgIpc) is 2.68. The molecule has 1 aliphatic heterocycles. The second-order valence-corrected chi connectivity index (χ2v) is 5.36. The van der Waals surface area contributed by atoms with Crippen LogP contribution >= 0.6 is 0 Å². The summed E-state index contributed by atoms with van der Waals surface area (Å²) in [5.41, 5.74) is 0. The molecule has 1 unspecified atom stereocenters. The van der Waals surface area contributed by atoms with Gasteiger partial charge in [-0.05, 0) is 40.0 Å². The monoisotopic (exact) mass is 228 g/mol. The Kier molecular flexibility index (Phi) is 6.32. The normalized spacial score (nSPS) is 21.6. The van der Waals surface area contributed by atoms with Crippen LogP contribution in [0.15, 0.2) is 0 Å². The average molecular weight is 228 g/mol. The molecule has 1 heterocycles. The topological polar surface area (TPSA) is 24.5 Å². The van der Waals surface area contributed by atoms with E-state index in [-0.39, 0.29) is 0 Å². The van der Waals surface area contributed by atoms with Gasteiger partial charge in [0, 0.05) is 38.3 Å². The molecular weight excluding hydrogens is 200 g/mol. The maximum absolute atomic E-state index is 5.36. The third-order valence-corrected chi connectivity index (χ3v) is 3.33. The first-order valence-electron chi connectivity index (χ1n) is 6.65. The quantitative estimate of drug-likeness (QED) is 0.672. The summed E-state index contributed by atoms with van der Waals surface area (Å²) in [6.45, 7) is 14.3. The second-order valence-electron chi connectivity index (χ2n) is 5.36. The Labute approximate surface area is 101 Å². The van der Waals surface area contributed by atoms with Crippen LogP contribution in [-0.2, 0) is 4.74 Å². The third kappa shape index (κ3) is 4.81. The highest BCUT2D eigenvalue weighted by Crippen LogP contribution is 2.10. The van der Waals surface area contributed by atoms with Crippen molar-refractivity contribution in [1.29, 1.82) is 0 Å². The van der Waals surface area contributed by atoms with Gasteiger partial charge in [0.05, 0.1) is 6.61 Å². The van der Waals surface area contributed by atoms with Crippen molar-refractivity contribution < 1.29 is 4.74 Å². The minimum absolute atomic E-state index is 0.636. The van der Waals surface area contributed by atoms with Crippen molar-refractivity contribution in [3.8, 4) is 0 Å². The van der Waals surface area contributed by atoms with Crippen molar-refractivity contribution in [2.24, 2.45) is 5.92 Å². The van der Waals surface area contributed by atoms with E-state index in [4.69, 9.17) is 4.74 Å². The molecule has 1 N–H and O–H groups in total. The van der Waals surface area contributed by atoms with E-state index in [1.807, 2.05) is 0 Å². The molecule has 0 amide bonds. The van der Waals surface area contributed by atoms with E-state index in [2.05, 4.69) is 37.9 Å². The fraction of sp³-hybridized carbons (Fsp3) is 1.00. The van der Waals surface area contributed by atoms with Crippen molar-refractivity contribution in [2.45, 2.75) is 46.2 Å². The molecule has 0 bridgehead atoms. The zero-order chi connectivity index (χ0) is 12.0. The van der Waals surface area contributed by atoms with Gasteiger partial charge >= 0.3 is 0 Å². The highest BCUT2D eigenvalue weighted by Gasteiger charge is 2.16. The molecule has 3 nitrogen and oxygen atoms in total. The van der Waals surface area contributed by atoms with Crippen molar-refractivity contribution in [2.75, 3.05) is 32.8 Å². The molecule has 0 aliphatic carbocycles. The minimum atomic E-state index is 0.636. The summed E-state index contributed by atoms with van der Waals surface area (Å²) >= 11 is 0. The number of ether oxygens (including phenoxy) is 1. The molecule has 1 atom stereocenters. The van der Waals surface area contributed by atoms with Crippen molar-refractivity contribution in [1.82, 2.24) is 10.2 Å². The van der Waals surface area contributed by atoms with Crippen LogP contribution in [-0.4, -0.2) is 49.8 Å². The van der Waals surface area contributed by atoms with Crippen LogP contribution in [0.4, 0.5) is 0 Å². The van der Waals surface area contributed by atoms with Gasteiger partial charge in [-0.25, -0.2) is 0 Å². The molecule has 0 aromatic heterocycles. The van der Waals surface area contributed by atoms with Crippen LogP contribution in [0.2, 0.25) is 0 Å². The Bertz CT molecular complexity index is 169. The highest BCUT2D eigenvalue weighted by molar-refractivity contribution is 4.70. The molecule has 96 valence electrons. The largest absolute Gasteiger partial charge is 0.381 e. The highest BCUT2D eigenvalue weighted by atomic mass is 16.5. The molecule has 0 aromatic rings. The maximum atomic E-state index is 5.36. The molecule has 0 aromatic carbocycles. The summed E-state index contributed by atoms with van der Waals surface area (Å²) in [7, 11) is 0. The molecular formula is C13H28N2O. The Balaban J connectivity index is 2.08. The summed E-state index contributed by atoms with van der Waals surface area (Å²) in [4.78, 5) is 2.53. The summed E-state index contributed by atoms with van der Waals surface area (Å²) in [5.74, 6) is 0.742. The predicted octanol–water partition coefficient (Wildman–Crippen LogP) is 1.73. The summed E-state index contributed by atoms with van der Waals surface area (Å²) in [5, 5.41) is 3.55. The van der Waals surface area contributed by atoms with Gasteiger partial charge in [0.25, 0.3) is 0 Å². The van der Waals surface area contributed by atoms with Gasteiger partial charge in [0.1, 0.15) is 0 Å². The van der Waals surface area contributed by atoms with Crippen LogP contribution < -0.4 is 5.32 Å². The van der Waals surface area contributed by atoms with Gasteiger partial charge in [-0.2, -0.15) is 0 Å². The van der Waals surface area contributed by atoms with Crippen LogP contribution in [0.1, 0.15) is 34.1 Å². The van der Waals surface area contributed by atoms with Crippen molar-refractivity contribution in [3.05, 3.63) is 0 Å². The first kappa shape index (κ1) is 13.9. The molecule has 0 radical (unpaired) electrons. The minimum Gasteiger partial charge on any atom is -0.381 e. The van der Waals surface area contributed by atoms with E-state index in [1.165, 1.54) is 6.42 Å². The third-order valence-electron chi connectivity index (χ3n) is 3.33.